The zero-order chi connectivity index (χ0) is 12.1. The minimum Gasteiger partial charge on any atom is -0.464 e. The number of fused-ring (bicyclic) bond motifs is 1. The molecule has 2 aromatic rings. The maximum Gasteiger partial charge on any atom is 0.134 e. The lowest BCUT2D eigenvalue weighted by molar-refractivity contribution is 0.541. The molecule has 0 saturated carbocycles. The van der Waals surface area contributed by atoms with Crippen molar-refractivity contribution in [1.29, 1.82) is 0 Å². The average molecular weight is 227 g/mol. The van der Waals surface area contributed by atoms with Gasteiger partial charge >= 0.3 is 0 Å². The molecule has 0 fully saturated rings. The lowest BCUT2D eigenvalue weighted by atomic mass is 10.0. The number of rotatable bonds is 4. The van der Waals surface area contributed by atoms with Crippen LogP contribution in [0.25, 0.3) is 11.0 Å². The fourth-order valence-corrected chi connectivity index (χ4v) is 2.07. The van der Waals surface area contributed by atoms with Crippen molar-refractivity contribution in [2.75, 3.05) is 7.05 Å². The Labute approximate surface area is 102 Å². The van der Waals surface area contributed by atoms with Gasteiger partial charge in [-0.25, -0.2) is 0 Å². The van der Waals surface area contributed by atoms with Crippen LogP contribution in [0, 0.1) is 11.8 Å². The molecule has 1 heterocycles. The number of nitrogens with one attached hydrogen (secondary N) is 1. The first-order chi connectivity index (χ1) is 8.36. The number of benzene rings is 1. The van der Waals surface area contributed by atoms with Crippen LogP contribution in [0.2, 0.25) is 0 Å². The van der Waals surface area contributed by atoms with E-state index in [1.54, 1.807) is 0 Å². The Hall–Kier alpha value is -1.72. The van der Waals surface area contributed by atoms with Gasteiger partial charge in [0, 0.05) is 23.4 Å². The maximum absolute atomic E-state index is 5.56. The normalized spacial score (nSPS) is 12.1. The molecule has 1 N–H and O–H groups in total. The van der Waals surface area contributed by atoms with Gasteiger partial charge in [0.05, 0.1) is 6.26 Å². The van der Waals surface area contributed by atoms with Crippen LogP contribution >= 0.6 is 0 Å². The Balaban J connectivity index is 2.25. The molecule has 0 aliphatic rings. The highest BCUT2D eigenvalue weighted by Crippen LogP contribution is 2.28. The van der Waals surface area contributed by atoms with Gasteiger partial charge in [-0.05, 0) is 26.5 Å². The molecule has 0 aliphatic carbocycles. The maximum atomic E-state index is 5.56. The summed E-state index contributed by atoms with van der Waals surface area (Å²) >= 11 is 0. The highest BCUT2D eigenvalue weighted by molar-refractivity contribution is 5.81. The Morgan fingerprint density at radius 3 is 2.94 bits per heavy atom. The molecule has 0 bridgehead atoms. The molecule has 0 amide bonds. The molecule has 0 spiro atoms. The highest BCUT2D eigenvalue weighted by atomic mass is 16.3. The standard InChI is InChI=1S/C15H17NO/c1-3-4-5-9-14(16-2)13-11-17-15-10-7-6-8-12(13)15/h6-8,10-11,14,16H,5,9H2,1-2H3. The van der Waals surface area contributed by atoms with Crippen molar-refractivity contribution in [2.45, 2.75) is 25.8 Å². The summed E-state index contributed by atoms with van der Waals surface area (Å²) in [5.74, 6) is 6.03. The van der Waals surface area contributed by atoms with Crippen molar-refractivity contribution in [3.63, 3.8) is 0 Å². The zero-order valence-electron chi connectivity index (χ0n) is 10.3. The summed E-state index contributed by atoms with van der Waals surface area (Å²) in [5.41, 5.74) is 2.17. The monoisotopic (exact) mass is 227 g/mol. The first kappa shape index (κ1) is 11.8. The van der Waals surface area contributed by atoms with E-state index in [0.717, 1.165) is 18.4 Å². The van der Waals surface area contributed by atoms with Crippen LogP contribution in [-0.2, 0) is 0 Å². The van der Waals surface area contributed by atoms with Crippen molar-refractivity contribution >= 4 is 11.0 Å². The summed E-state index contributed by atoms with van der Waals surface area (Å²) in [5, 5.41) is 4.52. The summed E-state index contributed by atoms with van der Waals surface area (Å²) in [6, 6.07) is 8.44. The number of hydrogen-bond acceptors (Lipinski definition) is 2. The van der Waals surface area contributed by atoms with Crippen molar-refractivity contribution < 1.29 is 4.42 Å². The van der Waals surface area contributed by atoms with Crippen LogP contribution in [-0.4, -0.2) is 7.05 Å². The van der Waals surface area contributed by atoms with Gasteiger partial charge in [0.2, 0.25) is 0 Å². The van der Waals surface area contributed by atoms with E-state index in [1.165, 1.54) is 10.9 Å². The van der Waals surface area contributed by atoms with Gasteiger partial charge in [-0.3, -0.25) is 0 Å². The predicted octanol–water partition coefficient (Wildman–Crippen LogP) is 3.50. The van der Waals surface area contributed by atoms with E-state index in [1.807, 2.05) is 38.4 Å². The van der Waals surface area contributed by atoms with Gasteiger partial charge in [0.15, 0.2) is 0 Å². The number of hydrogen-bond donors (Lipinski definition) is 1. The third kappa shape index (κ3) is 2.51. The fraction of sp³-hybridized carbons (Fsp3) is 0.333. The van der Waals surface area contributed by atoms with Gasteiger partial charge in [-0.1, -0.05) is 18.2 Å². The zero-order valence-corrected chi connectivity index (χ0v) is 10.3. The predicted molar refractivity (Wildman–Crippen MR) is 70.7 cm³/mol. The Morgan fingerprint density at radius 1 is 1.35 bits per heavy atom. The number of furan rings is 1. The lowest BCUT2D eigenvalue weighted by Gasteiger charge is -2.13. The van der Waals surface area contributed by atoms with Crippen molar-refractivity contribution in [3.05, 3.63) is 36.1 Å². The molecule has 2 heteroatoms. The van der Waals surface area contributed by atoms with E-state index in [4.69, 9.17) is 4.42 Å². The molecular formula is C15H17NO. The third-order valence-corrected chi connectivity index (χ3v) is 2.97. The van der Waals surface area contributed by atoms with Gasteiger partial charge in [-0.2, -0.15) is 0 Å². The largest absolute Gasteiger partial charge is 0.464 e. The second-order valence-corrected chi connectivity index (χ2v) is 3.99. The molecule has 1 aromatic carbocycles. The molecule has 0 radical (unpaired) electrons. The quantitative estimate of drug-likeness (QED) is 0.809. The van der Waals surface area contributed by atoms with Crippen LogP contribution in [0.15, 0.2) is 34.9 Å². The Kier molecular flexibility index (Phi) is 3.85. The van der Waals surface area contributed by atoms with Crippen LogP contribution in [0.1, 0.15) is 31.4 Å². The molecule has 0 saturated heterocycles. The first-order valence-corrected chi connectivity index (χ1v) is 5.90. The van der Waals surface area contributed by atoms with Gasteiger partial charge in [0.1, 0.15) is 5.58 Å². The summed E-state index contributed by atoms with van der Waals surface area (Å²) in [7, 11) is 1.98. The first-order valence-electron chi connectivity index (χ1n) is 5.90. The van der Waals surface area contributed by atoms with Gasteiger partial charge in [-0.15, -0.1) is 11.8 Å². The Morgan fingerprint density at radius 2 is 2.18 bits per heavy atom. The highest BCUT2D eigenvalue weighted by Gasteiger charge is 2.14. The van der Waals surface area contributed by atoms with Crippen LogP contribution in [0.4, 0.5) is 0 Å². The molecule has 17 heavy (non-hydrogen) atoms. The second-order valence-electron chi connectivity index (χ2n) is 3.99. The van der Waals surface area contributed by atoms with E-state index in [-0.39, 0.29) is 0 Å². The molecule has 1 aromatic heterocycles. The van der Waals surface area contributed by atoms with Gasteiger partial charge in [0.25, 0.3) is 0 Å². The minimum absolute atomic E-state index is 0.305. The van der Waals surface area contributed by atoms with Gasteiger partial charge < -0.3 is 9.73 Å². The number of para-hydroxylation sites is 1. The molecule has 0 aliphatic heterocycles. The van der Waals surface area contributed by atoms with Crippen molar-refractivity contribution in [3.8, 4) is 11.8 Å². The molecule has 88 valence electrons. The minimum atomic E-state index is 0.305. The summed E-state index contributed by atoms with van der Waals surface area (Å²) in [6.07, 6.45) is 3.76. The van der Waals surface area contributed by atoms with Crippen molar-refractivity contribution in [2.24, 2.45) is 0 Å². The SMILES string of the molecule is CC#CCCC(NC)c1coc2ccccc12. The third-order valence-electron chi connectivity index (χ3n) is 2.97. The molecular weight excluding hydrogens is 210 g/mol. The van der Waals surface area contributed by atoms with E-state index in [0.29, 0.717) is 6.04 Å². The van der Waals surface area contributed by atoms with E-state index in [2.05, 4.69) is 23.2 Å². The van der Waals surface area contributed by atoms with E-state index in [9.17, 15) is 0 Å². The second kappa shape index (κ2) is 5.56. The topological polar surface area (TPSA) is 25.2 Å². The molecule has 2 nitrogen and oxygen atoms in total. The summed E-state index contributed by atoms with van der Waals surface area (Å²) in [6.45, 7) is 1.88. The molecule has 2 rings (SSSR count). The smallest absolute Gasteiger partial charge is 0.134 e. The summed E-state index contributed by atoms with van der Waals surface area (Å²) in [4.78, 5) is 0. The molecule has 1 atom stereocenters. The van der Waals surface area contributed by atoms with Crippen LogP contribution in [0.3, 0.4) is 0 Å². The van der Waals surface area contributed by atoms with Crippen LogP contribution < -0.4 is 5.32 Å². The average Bonchev–Trinajstić information content (AvgIpc) is 2.79. The van der Waals surface area contributed by atoms with Crippen molar-refractivity contribution in [1.82, 2.24) is 5.32 Å². The van der Waals surface area contributed by atoms with E-state index >= 15 is 0 Å². The Bertz CT molecular complexity index is 545. The summed E-state index contributed by atoms with van der Waals surface area (Å²) < 4.78 is 5.56. The van der Waals surface area contributed by atoms with Crippen LogP contribution in [0.5, 0.6) is 0 Å². The van der Waals surface area contributed by atoms with E-state index < -0.39 is 0 Å². The fourth-order valence-electron chi connectivity index (χ4n) is 2.07. The lowest BCUT2D eigenvalue weighted by Crippen LogP contribution is -2.15. The molecule has 1 unspecified atom stereocenters.